The maximum absolute atomic E-state index is 11.4. The molecule has 1 aromatic carbocycles. The van der Waals surface area contributed by atoms with Gasteiger partial charge in [-0.1, -0.05) is 12.1 Å². The Balaban J connectivity index is 1.59. The van der Waals surface area contributed by atoms with Crippen molar-refractivity contribution in [2.24, 2.45) is 0 Å². The van der Waals surface area contributed by atoms with Crippen LogP contribution in [0.5, 0.6) is 0 Å². The van der Waals surface area contributed by atoms with Crippen molar-refractivity contribution in [1.82, 2.24) is 20.3 Å². The standard InChI is InChI=1S/C20H26N4O2/c1-15-11-23(13-17-3-5-19(6-4-17)20(25)22-26)12-16(2)24(15)14-18-7-9-21-10-8-18/h3-10,15-16,26H,11-14H2,1-2H3,(H,22,25)/t15-,16+. The zero-order chi connectivity index (χ0) is 18.5. The number of rotatable bonds is 5. The van der Waals surface area contributed by atoms with Crippen molar-refractivity contribution in [3.05, 3.63) is 65.5 Å². The molecule has 1 fully saturated rings. The third kappa shape index (κ3) is 4.46. The summed E-state index contributed by atoms with van der Waals surface area (Å²) in [7, 11) is 0. The molecular weight excluding hydrogens is 328 g/mol. The number of piperazine rings is 1. The van der Waals surface area contributed by atoms with E-state index in [-0.39, 0.29) is 0 Å². The Morgan fingerprint density at radius 1 is 1.04 bits per heavy atom. The highest BCUT2D eigenvalue weighted by molar-refractivity contribution is 5.93. The second-order valence-corrected chi connectivity index (χ2v) is 7.06. The Kier molecular flexibility index (Phi) is 5.98. The number of nitrogens with one attached hydrogen (secondary N) is 1. The molecule has 0 radical (unpaired) electrons. The predicted molar refractivity (Wildman–Crippen MR) is 99.7 cm³/mol. The minimum atomic E-state index is -0.483. The Hall–Kier alpha value is -2.28. The molecular formula is C20H26N4O2. The summed E-state index contributed by atoms with van der Waals surface area (Å²) in [4.78, 5) is 20.5. The maximum Gasteiger partial charge on any atom is 0.274 e. The molecule has 6 nitrogen and oxygen atoms in total. The van der Waals surface area contributed by atoms with Crippen LogP contribution in [-0.4, -0.2) is 51.1 Å². The number of hydrogen-bond donors (Lipinski definition) is 2. The molecule has 1 saturated heterocycles. The molecule has 138 valence electrons. The molecule has 1 aliphatic heterocycles. The van der Waals surface area contributed by atoms with Gasteiger partial charge in [0, 0.05) is 56.2 Å². The maximum atomic E-state index is 11.4. The van der Waals surface area contributed by atoms with Crippen LogP contribution in [0.15, 0.2) is 48.8 Å². The van der Waals surface area contributed by atoms with Gasteiger partial charge in [-0.3, -0.25) is 24.8 Å². The first-order chi connectivity index (χ1) is 12.6. The number of aromatic nitrogens is 1. The molecule has 0 saturated carbocycles. The van der Waals surface area contributed by atoms with Gasteiger partial charge >= 0.3 is 0 Å². The normalized spacial score (nSPS) is 21.5. The van der Waals surface area contributed by atoms with E-state index in [9.17, 15) is 4.79 Å². The van der Waals surface area contributed by atoms with E-state index >= 15 is 0 Å². The molecule has 2 aromatic rings. The number of carbonyl (C=O) groups is 1. The molecule has 0 unspecified atom stereocenters. The number of carbonyl (C=O) groups excluding carboxylic acids is 1. The van der Waals surface area contributed by atoms with Crippen LogP contribution >= 0.6 is 0 Å². The molecule has 26 heavy (non-hydrogen) atoms. The fourth-order valence-electron chi connectivity index (χ4n) is 3.69. The zero-order valence-corrected chi connectivity index (χ0v) is 15.3. The lowest BCUT2D eigenvalue weighted by atomic mass is 10.0. The number of benzene rings is 1. The van der Waals surface area contributed by atoms with Crippen molar-refractivity contribution in [2.75, 3.05) is 13.1 Å². The van der Waals surface area contributed by atoms with E-state index in [1.54, 1.807) is 17.6 Å². The first-order valence-electron chi connectivity index (χ1n) is 8.97. The van der Waals surface area contributed by atoms with Crippen LogP contribution in [-0.2, 0) is 13.1 Å². The third-order valence-corrected chi connectivity index (χ3v) is 5.02. The van der Waals surface area contributed by atoms with Gasteiger partial charge in [0.1, 0.15) is 0 Å². The average molecular weight is 354 g/mol. The number of hydroxylamine groups is 1. The number of pyridine rings is 1. The van der Waals surface area contributed by atoms with Gasteiger partial charge < -0.3 is 0 Å². The Labute approximate surface area is 154 Å². The van der Waals surface area contributed by atoms with Crippen molar-refractivity contribution in [2.45, 2.75) is 39.0 Å². The second kappa shape index (κ2) is 8.40. The fraction of sp³-hybridized carbons (Fsp3) is 0.400. The van der Waals surface area contributed by atoms with Gasteiger partial charge in [-0.15, -0.1) is 0 Å². The predicted octanol–water partition coefficient (Wildman–Crippen LogP) is 2.30. The molecule has 0 aliphatic carbocycles. The largest absolute Gasteiger partial charge is 0.296 e. The highest BCUT2D eigenvalue weighted by Gasteiger charge is 2.29. The van der Waals surface area contributed by atoms with E-state index in [0.717, 1.165) is 26.2 Å². The molecule has 1 aromatic heterocycles. The minimum absolute atomic E-state index is 0.458. The van der Waals surface area contributed by atoms with E-state index < -0.39 is 5.91 Å². The van der Waals surface area contributed by atoms with E-state index in [2.05, 4.69) is 40.8 Å². The summed E-state index contributed by atoms with van der Waals surface area (Å²) >= 11 is 0. The van der Waals surface area contributed by atoms with Crippen LogP contribution in [0, 0.1) is 0 Å². The number of amides is 1. The van der Waals surface area contributed by atoms with Crippen LogP contribution in [0.2, 0.25) is 0 Å². The van der Waals surface area contributed by atoms with Gasteiger partial charge in [0.25, 0.3) is 5.91 Å². The number of hydrogen-bond acceptors (Lipinski definition) is 5. The summed E-state index contributed by atoms with van der Waals surface area (Å²) in [5.41, 5.74) is 4.58. The molecule has 6 heteroatoms. The van der Waals surface area contributed by atoms with Crippen molar-refractivity contribution in [3.8, 4) is 0 Å². The highest BCUT2D eigenvalue weighted by Crippen LogP contribution is 2.20. The minimum Gasteiger partial charge on any atom is -0.296 e. The van der Waals surface area contributed by atoms with Gasteiger partial charge in [-0.2, -0.15) is 0 Å². The first-order valence-corrected chi connectivity index (χ1v) is 8.97. The van der Waals surface area contributed by atoms with E-state index in [1.165, 1.54) is 11.1 Å². The molecule has 3 rings (SSSR count). The van der Waals surface area contributed by atoms with E-state index in [0.29, 0.717) is 17.6 Å². The van der Waals surface area contributed by atoms with Gasteiger partial charge in [-0.25, -0.2) is 5.48 Å². The molecule has 2 N–H and O–H groups in total. The van der Waals surface area contributed by atoms with Gasteiger partial charge in [-0.05, 0) is 49.2 Å². The van der Waals surface area contributed by atoms with Gasteiger partial charge in [0.2, 0.25) is 0 Å². The molecule has 1 amide bonds. The summed E-state index contributed by atoms with van der Waals surface area (Å²) < 4.78 is 0. The molecule has 1 aliphatic rings. The Bertz CT molecular complexity index is 708. The highest BCUT2D eigenvalue weighted by atomic mass is 16.5. The van der Waals surface area contributed by atoms with E-state index in [1.807, 2.05) is 24.5 Å². The van der Waals surface area contributed by atoms with Crippen molar-refractivity contribution < 1.29 is 10.0 Å². The first kappa shape index (κ1) is 18.5. The van der Waals surface area contributed by atoms with Crippen LogP contribution in [0.25, 0.3) is 0 Å². The van der Waals surface area contributed by atoms with Gasteiger partial charge in [0.05, 0.1) is 0 Å². The molecule has 0 spiro atoms. The summed E-state index contributed by atoms with van der Waals surface area (Å²) in [6.07, 6.45) is 3.70. The summed E-state index contributed by atoms with van der Waals surface area (Å²) in [5, 5.41) is 8.69. The third-order valence-electron chi connectivity index (χ3n) is 5.02. The Morgan fingerprint density at radius 3 is 2.19 bits per heavy atom. The molecule has 0 bridgehead atoms. The van der Waals surface area contributed by atoms with Crippen molar-refractivity contribution in [3.63, 3.8) is 0 Å². The Morgan fingerprint density at radius 2 is 1.62 bits per heavy atom. The fourth-order valence-corrected chi connectivity index (χ4v) is 3.69. The number of nitrogens with zero attached hydrogens (tertiary/aromatic N) is 3. The average Bonchev–Trinajstić information content (AvgIpc) is 2.65. The quantitative estimate of drug-likeness (QED) is 0.637. The topological polar surface area (TPSA) is 68.7 Å². The summed E-state index contributed by atoms with van der Waals surface area (Å²) in [6, 6.07) is 12.5. The van der Waals surface area contributed by atoms with E-state index in [4.69, 9.17) is 5.21 Å². The van der Waals surface area contributed by atoms with Crippen molar-refractivity contribution in [1.29, 1.82) is 0 Å². The van der Waals surface area contributed by atoms with Gasteiger partial charge in [0.15, 0.2) is 0 Å². The van der Waals surface area contributed by atoms with Crippen LogP contribution in [0.3, 0.4) is 0 Å². The lowest BCUT2D eigenvalue weighted by Crippen LogP contribution is -2.55. The van der Waals surface area contributed by atoms with Crippen LogP contribution < -0.4 is 5.48 Å². The second-order valence-electron chi connectivity index (χ2n) is 7.06. The molecule has 2 atom stereocenters. The van der Waals surface area contributed by atoms with Crippen molar-refractivity contribution >= 4 is 5.91 Å². The monoisotopic (exact) mass is 354 g/mol. The summed E-state index contributed by atoms with van der Waals surface area (Å²) in [5.74, 6) is -0.483. The van der Waals surface area contributed by atoms with Crippen LogP contribution in [0.4, 0.5) is 0 Å². The molecule has 2 heterocycles. The zero-order valence-electron chi connectivity index (χ0n) is 15.3. The lowest BCUT2D eigenvalue weighted by Gasteiger charge is -2.44. The lowest BCUT2D eigenvalue weighted by molar-refractivity contribution is 0.0290. The van der Waals surface area contributed by atoms with Crippen LogP contribution in [0.1, 0.15) is 35.3 Å². The summed E-state index contributed by atoms with van der Waals surface area (Å²) in [6.45, 7) is 8.38. The SMILES string of the molecule is C[C@@H]1CN(Cc2ccc(C(=O)NO)cc2)C[C@H](C)N1Cc1ccncc1. The smallest absolute Gasteiger partial charge is 0.274 e.